The van der Waals surface area contributed by atoms with E-state index in [1.54, 1.807) is 54.7 Å². The van der Waals surface area contributed by atoms with Gasteiger partial charge < -0.3 is 10.1 Å². The van der Waals surface area contributed by atoms with E-state index in [4.69, 9.17) is 4.74 Å². The van der Waals surface area contributed by atoms with Crippen molar-refractivity contribution in [3.05, 3.63) is 77.5 Å². The van der Waals surface area contributed by atoms with Crippen LogP contribution in [0.5, 0.6) is 5.88 Å². The summed E-state index contributed by atoms with van der Waals surface area (Å²) in [7, 11) is 1.45. The number of aromatic nitrogens is 1. The van der Waals surface area contributed by atoms with Crippen molar-refractivity contribution in [1.82, 2.24) is 10.3 Å². The standard InChI is InChI=1S/C21H15N3O4/c1-28-21-16(6-3-9-22-21)19(26)23-14-5-2-4-12(10-14)13-7-8-15-17(11-13)20(27)24-18(15)25/h2-11H,1H3,(H,23,26)(H,24,25,27). The van der Waals surface area contributed by atoms with Crippen LogP contribution < -0.4 is 15.4 Å². The second-order valence-electron chi connectivity index (χ2n) is 6.14. The normalized spacial score (nSPS) is 12.3. The van der Waals surface area contributed by atoms with Crippen LogP contribution in [-0.4, -0.2) is 29.8 Å². The summed E-state index contributed by atoms with van der Waals surface area (Å²) in [6.07, 6.45) is 1.55. The fraction of sp³-hybridized carbons (Fsp3) is 0.0476. The van der Waals surface area contributed by atoms with Crippen LogP contribution >= 0.6 is 0 Å². The minimum absolute atomic E-state index is 0.241. The fourth-order valence-electron chi connectivity index (χ4n) is 3.05. The molecule has 1 aromatic heterocycles. The topological polar surface area (TPSA) is 97.4 Å². The van der Waals surface area contributed by atoms with E-state index in [1.807, 2.05) is 6.07 Å². The number of anilines is 1. The summed E-state index contributed by atoms with van der Waals surface area (Å²) < 4.78 is 5.12. The summed E-state index contributed by atoms with van der Waals surface area (Å²) in [6.45, 7) is 0. The maximum atomic E-state index is 12.6. The molecule has 0 unspecified atom stereocenters. The molecule has 3 amide bonds. The van der Waals surface area contributed by atoms with Crippen molar-refractivity contribution < 1.29 is 19.1 Å². The Morgan fingerprint density at radius 2 is 1.75 bits per heavy atom. The number of hydrogen-bond donors (Lipinski definition) is 2. The molecule has 0 spiro atoms. The number of carbonyl (C=O) groups excluding carboxylic acids is 3. The number of hydrogen-bond acceptors (Lipinski definition) is 5. The van der Waals surface area contributed by atoms with Gasteiger partial charge in [0.25, 0.3) is 17.7 Å². The van der Waals surface area contributed by atoms with E-state index in [0.29, 0.717) is 22.4 Å². The molecule has 28 heavy (non-hydrogen) atoms. The minimum Gasteiger partial charge on any atom is -0.480 e. The minimum atomic E-state index is -0.407. The van der Waals surface area contributed by atoms with Gasteiger partial charge in [-0.1, -0.05) is 18.2 Å². The summed E-state index contributed by atoms with van der Waals surface area (Å²) in [5, 5.41) is 5.09. The zero-order valence-corrected chi connectivity index (χ0v) is 14.9. The molecule has 1 aliphatic heterocycles. The second-order valence-corrected chi connectivity index (χ2v) is 6.14. The quantitative estimate of drug-likeness (QED) is 0.686. The van der Waals surface area contributed by atoms with Gasteiger partial charge in [-0.25, -0.2) is 4.98 Å². The average molecular weight is 373 g/mol. The number of amides is 3. The Balaban J connectivity index is 1.62. The molecule has 3 aromatic rings. The lowest BCUT2D eigenvalue weighted by Gasteiger charge is -2.10. The number of methoxy groups -OCH3 is 1. The Morgan fingerprint density at radius 1 is 0.964 bits per heavy atom. The van der Waals surface area contributed by atoms with E-state index in [9.17, 15) is 14.4 Å². The lowest BCUT2D eigenvalue weighted by molar-refractivity contribution is 0.0878. The summed E-state index contributed by atoms with van der Waals surface area (Å²) in [6, 6.07) is 15.5. The molecule has 0 fully saturated rings. The Bertz CT molecular complexity index is 1120. The first-order valence-electron chi connectivity index (χ1n) is 8.47. The predicted molar refractivity (Wildman–Crippen MR) is 102 cm³/mol. The third kappa shape index (κ3) is 3.09. The fourth-order valence-corrected chi connectivity index (χ4v) is 3.05. The van der Waals surface area contributed by atoms with Crippen molar-refractivity contribution in [2.24, 2.45) is 0 Å². The molecule has 2 N–H and O–H groups in total. The van der Waals surface area contributed by atoms with Crippen molar-refractivity contribution in [1.29, 1.82) is 0 Å². The molecular weight excluding hydrogens is 358 g/mol. The summed E-state index contributed by atoms with van der Waals surface area (Å²) in [5.74, 6) is -0.903. The van der Waals surface area contributed by atoms with Gasteiger partial charge in [-0.2, -0.15) is 0 Å². The van der Waals surface area contributed by atoms with Gasteiger partial charge >= 0.3 is 0 Å². The van der Waals surface area contributed by atoms with Crippen LogP contribution in [-0.2, 0) is 0 Å². The molecule has 0 radical (unpaired) electrons. The third-order valence-electron chi connectivity index (χ3n) is 4.40. The van der Waals surface area contributed by atoms with Crippen LogP contribution in [0.15, 0.2) is 60.8 Å². The largest absolute Gasteiger partial charge is 0.480 e. The SMILES string of the molecule is COc1ncccc1C(=O)Nc1cccc(-c2ccc3c(c2)C(=O)NC3=O)c1. The van der Waals surface area contributed by atoms with Crippen LogP contribution in [0.25, 0.3) is 11.1 Å². The average Bonchev–Trinajstić information content (AvgIpc) is 3.01. The Labute approximate surface area is 160 Å². The number of rotatable bonds is 4. The lowest BCUT2D eigenvalue weighted by Crippen LogP contribution is -2.19. The molecule has 7 nitrogen and oxygen atoms in total. The monoisotopic (exact) mass is 373 g/mol. The van der Waals surface area contributed by atoms with E-state index >= 15 is 0 Å². The van der Waals surface area contributed by atoms with Gasteiger partial charge in [0.1, 0.15) is 5.56 Å². The van der Waals surface area contributed by atoms with E-state index in [0.717, 1.165) is 11.1 Å². The number of nitrogens with one attached hydrogen (secondary N) is 2. The molecule has 0 atom stereocenters. The summed E-state index contributed by atoms with van der Waals surface area (Å²) >= 11 is 0. The Hall–Kier alpha value is -4.00. The number of nitrogens with zero attached hydrogens (tertiary/aromatic N) is 1. The number of pyridine rings is 1. The highest BCUT2D eigenvalue weighted by atomic mass is 16.5. The van der Waals surface area contributed by atoms with Gasteiger partial charge in [-0.3, -0.25) is 19.7 Å². The van der Waals surface area contributed by atoms with Crippen molar-refractivity contribution in [3.8, 4) is 17.0 Å². The van der Waals surface area contributed by atoms with E-state index in [2.05, 4.69) is 15.6 Å². The Morgan fingerprint density at radius 3 is 2.57 bits per heavy atom. The lowest BCUT2D eigenvalue weighted by atomic mass is 10.00. The van der Waals surface area contributed by atoms with Crippen molar-refractivity contribution in [3.63, 3.8) is 0 Å². The number of imide groups is 1. The van der Waals surface area contributed by atoms with Crippen molar-refractivity contribution in [2.75, 3.05) is 12.4 Å². The molecule has 2 heterocycles. The smallest absolute Gasteiger partial charge is 0.261 e. The van der Waals surface area contributed by atoms with Gasteiger partial charge in [0.15, 0.2) is 0 Å². The number of fused-ring (bicyclic) bond motifs is 1. The van der Waals surface area contributed by atoms with Gasteiger partial charge in [0.05, 0.1) is 18.2 Å². The van der Waals surface area contributed by atoms with Crippen molar-refractivity contribution in [2.45, 2.75) is 0 Å². The van der Waals surface area contributed by atoms with Crippen LogP contribution in [0, 0.1) is 0 Å². The van der Waals surface area contributed by atoms with Gasteiger partial charge in [-0.15, -0.1) is 0 Å². The molecule has 1 aliphatic rings. The first-order valence-corrected chi connectivity index (χ1v) is 8.47. The summed E-state index contributed by atoms with van der Waals surface area (Å²) in [4.78, 5) is 40.1. The number of benzene rings is 2. The maximum Gasteiger partial charge on any atom is 0.261 e. The van der Waals surface area contributed by atoms with Gasteiger partial charge in [0, 0.05) is 11.9 Å². The Kier molecular flexibility index (Phi) is 4.33. The highest BCUT2D eigenvalue weighted by Gasteiger charge is 2.26. The van der Waals surface area contributed by atoms with E-state index in [-0.39, 0.29) is 11.8 Å². The first kappa shape index (κ1) is 17.4. The van der Waals surface area contributed by atoms with Crippen LogP contribution in [0.2, 0.25) is 0 Å². The molecule has 0 bridgehead atoms. The van der Waals surface area contributed by atoms with E-state index < -0.39 is 11.8 Å². The highest BCUT2D eigenvalue weighted by molar-refractivity contribution is 6.21. The number of ether oxygens (including phenoxy) is 1. The zero-order valence-electron chi connectivity index (χ0n) is 14.9. The molecule has 7 heteroatoms. The van der Waals surface area contributed by atoms with Crippen molar-refractivity contribution >= 4 is 23.4 Å². The second kappa shape index (κ2) is 6.96. The van der Waals surface area contributed by atoms with Gasteiger partial charge in [0.2, 0.25) is 5.88 Å². The molecule has 2 aromatic carbocycles. The molecule has 0 aliphatic carbocycles. The van der Waals surface area contributed by atoms with Crippen LogP contribution in [0.4, 0.5) is 5.69 Å². The highest BCUT2D eigenvalue weighted by Crippen LogP contribution is 2.27. The molecule has 0 saturated heterocycles. The summed E-state index contributed by atoms with van der Waals surface area (Å²) in [5.41, 5.74) is 3.17. The molecule has 0 saturated carbocycles. The molecular formula is C21H15N3O4. The maximum absolute atomic E-state index is 12.6. The third-order valence-corrected chi connectivity index (χ3v) is 4.40. The predicted octanol–water partition coefficient (Wildman–Crippen LogP) is 2.89. The number of carbonyl (C=O) groups is 3. The van der Waals surface area contributed by atoms with Crippen LogP contribution in [0.1, 0.15) is 31.1 Å². The first-order chi connectivity index (χ1) is 13.6. The zero-order chi connectivity index (χ0) is 19.7. The molecule has 138 valence electrons. The van der Waals surface area contributed by atoms with Gasteiger partial charge in [-0.05, 0) is 47.5 Å². The van der Waals surface area contributed by atoms with E-state index in [1.165, 1.54) is 7.11 Å². The molecule has 4 rings (SSSR count). The van der Waals surface area contributed by atoms with Crippen LogP contribution in [0.3, 0.4) is 0 Å².